The van der Waals surface area contributed by atoms with Gasteiger partial charge in [-0.1, -0.05) is 267 Å². The lowest BCUT2D eigenvalue weighted by Crippen LogP contribution is -2.17. The van der Waals surface area contributed by atoms with Gasteiger partial charge < -0.3 is 9.80 Å². The fraction of sp³-hybridized carbons (Fsp3) is 0.400. The molecule has 0 saturated carbocycles. The number of nitrogens with zero attached hydrogens (tertiary/aromatic N) is 2. The van der Waals surface area contributed by atoms with Gasteiger partial charge in [-0.3, -0.25) is 0 Å². The quantitative estimate of drug-likeness (QED) is 0.129. The van der Waals surface area contributed by atoms with Crippen molar-refractivity contribution < 1.29 is 17.2 Å². The Bertz CT molecular complexity index is 3080. The van der Waals surface area contributed by atoms with Gasteiger partial charge in [-0.25, -0.2) is 17.2 Å². The normalized spacial score (nSPS) is 11.6. The third-order valence-corrected chi connectivity index (χ3v) is 16.4. The van der Waals surface area contributed by atoms with E-state index in [0.29, 0.717) is 46.3 Å². The predicted molar refractivity (Wildman–Crippen MR) is 383 cm³/mol. The Kier molecular flexibility index (Phi) is 36.0. The van der Waals surface area contributed by atoms with Crippen LogP contribution in [0.2, 0.25) is 5.02 Å². The van der Waals surface area contributed by atoms with Crippen LogP contribution < -0.4 is 9.80 Å². The van der Waals surface area contributed by atoms with E-state index in [0.717, 1.165) is 16.1 Å². The smallest absolute Gasteiger partial charge is 0.175 e. The highest BCUT2D eigenvalue weighted by Crippen LogP contribution is 2.25. The van der Waals surface area contributed by atoms with E-state index in [1.807, 2.05) is 74.5 Å². The number of rotatable bonds is 11. The molecule has 9 rings (SSSR count). The Morgan fingerprint density at radius 1 is 0.398 bits per heavy atom. The van der Waals surface area contributed by atoms with E-state index in [1.54, 1.807) is 18.2 Å². The summed E-state index contributed by atoms with van der Waals surface area (Å²) in [7, 11) is 1.07. The van der Waals surface area contributed by atoms with Gasteiger partial charge in [0.25, 0.3) is 0 Å². The predicted octanol–water partition coefficient (Wildman–Crippen LogP) is 23.8. The average molecular weight is 1240 g/mol. The molecule has 0 aromatic heterocycles. The summed E-state index contributed by atoms with van der Waals surface area (Å²) in [6.45, 7) is 38.9. The minimum atomic E-state index is -3.05. The standard InChI is InChI=1S/C13H19N.C11H17N.C10H14O2S.C10H14.C9H11Cl.2C9H11F.C9H12/c1-11(2)12-5-7-13(8-6-12)14-9-3-4-10-14;1-9(2)10-5-7-11(8-6-10)12(3)4;1-8(2)9-4-6-10(7-5-9)13(3,11)12;1-8(2)10-6-4-9(3)5-7-10;1-7(2)8-5-3-4-6-9(8)10;1-7(2)8-3-5-9(10)6-4-8;1-7(2)8-5-3-4-6-9(8)10;1-8(2)9-6-4-3-5-7-9/h5-8,11H,3-4,9-10H2,1-2H3;5-9H,1-4H3;4-8H,1-3H3;4-8H,1-3H3;3*3-7H,1-2H3;3-8H,1-2H3. The first kappa shape index (κ1) is 77.6. The lowest BCUT2D eigenvalue weighted by atomic mass is 10.0. The summed E-state index contributed by atoms with van der Waals surface area (Å²) < 4.78 is 47.4. The minimum Gasteiger partial charge on any atom is -0.378 e. The molecule has 88 heavy (non-hydrogen) atoms. The zero-order chi connectivity index (χ0) is 66.1. The van der Waals surface area contributed by atoms with Crippen molar-refractivity contribution >= 4 is 32.8 Å². The van der Waals surface area contributed by atoms with Crippen molar-refractivity contribution in [2.45, 2.75) is 183 Å². The van der Waals surface area contributed by atoms with Crippen LogP contribution >= 0.6 is 11.6 Å². The van der Waals surface area contributed by atoms with E-state index >= 15 is 0 Å². The van der Waals surface area contributed by atoms with E-state index < -0.39 is 9.84 Å². The van der Waals surface area contributed by atoms with E-state index in [9.17, 15) is 17.2 Å². The van der Waals surface area contributed by atoms with Gasteiger partial charge in [0.1, 0.15) is 11.6 Å². The highest BCUT2D eigenvalue weighted by molar-refractivity contribution is 7.90. The van der Waals surface area contributed by atoms with Crippen LogP contribution in [-0.2, 0) is 9.84 Å². The molecule has 1 saturated heterocycles. The molecule has 0 atom stereocenters. The van der Waals surface area contributed by atoms with Crippen LogP contribution in [0.25, 0.3) is 0 Å². The number of aryl methyl sites for hydroxylation is 1. The van der Waals surface area contributed by atoms with Gasteiger partial charge in [0, 0.05) is 49.8 Å². The summed E-state index contributed by atoms with van der Waals surface area (Å²) in [5.74, 6) is 4.04. The first-order chi connectivity index (χ1) is 41.4. The Morgan fingerprint density at radius 3 is 1.06 bits per heavy atom. The molecule has 8 heteroatoms. The molecule has 478 valence electrons. The summed E-state index contributed by atoms with van der Waals surface area (Å²) in [6, 6.07) is 65.5. The molecule has 0 aliphatic carbocycles. The van der Waals surface area contributed by atoms with Crippen molar-refractivity contribution in [1.82, 2.24) is 0 Å². The number of hydrogen-bond donors (Lipinski definition) is 0. The molecule has 0 amide bonds. The molecule has 1 heterocycles. The van der Waals surface area contributed by atoms with E-state index in [4.69, 9.17) is 11.6 Å². The van der Waals surface area contributed by atoms with Crippen LogP contribution in [0.4, 0.5) is 20.2 Å². The Balaban J connectivity index is 0.000000344. The van der Waals surface area contributed by atoms with Gasteiger partial charge in [0.2, 0.25) is 0 Å². The molecule has 1 fully saturated rings. The zero-order valence-corrected chi connectivity index (χ0v) is 58.8. The second-order valence-corrected chi connectivity index (χ2v) is 27.7. The lowest BCUT2D eigenvalue weighted by Gasteiger charge is -2.18. The number of anilines is 2. The second-order valence-electron chi connectivity index (χ2n) is 25.3. The van der Waals surface area contributed by atoms with Gasteiger partial charge in [-0.05, 0) is 172 Å². The highest BCUT2D eigenvalue weighted by Gasteiger charge is 2.12. The van der Waals surface area contributed by atoms with Gasteiger partial charge in [-0.15, -0.1) is 0 Å². The first-order valence-corrected chi connectivity index (χ1v) is 34.0. The monoisotopic (exact) mass is 1230 g/mol. The van der Waals surface area contributed by atoms with Crippen LogP contribution in [0.15, 0.2) is 205 Å². The number of hydrogen-bond acceptors (Lipinski definition) is 4. The van der Waals surface area contributed by atoms with Crippen molar-refractivity contribution in [3.63, 3.8) is 0 Å². The molecule has 4 nitrogen and oxygen atoms in total. The van der Waals surface area contributed by atoms with Gasteiger partial charge in [0.05, 0.1) is 4.90 Å². The molecule has 0 spiro atoms. The topological polar surface area (TPSA) is 40.6 Å². The molecular formula is C80H109ClF2N2O2S. The van der Waals surface area contributed by atoms with Crippen LogP contribution in [0.3, 0.4) is 0 Å². The van der Waals surface area contributed by atoms with Crippen LogP contribution in [0, 0.1) is 18.6 Å². The zero-order valence-electron chi connectivity index (χ0n) is 57.3. The molecule has 0 bridgehead atoms. The summed E-state index contributed by atoms with van der Waals surface area (Å²) in [4.78, 5) is 4.98. The molecule has 8 aromatic rings. The molecule has 1 aliphatic heterocycles. The summed E-state index contributed by atoms with van der Waals surface area (Å²) in [5.41, 5.74) is 14.0. The Hall–Kier alpha value is -6.54. The first-order valence-electron chi connectivity index (χ1n) is 31.7. The third-order valence-electron chi connectivity index (χ3n) is 14.9. The average Bonchev–Trinajstić information content (AvgIpc) is 4.21. The number of halogens is 3. The van der Waals surface area contributed by atoms with E-state index in [2.05, 4.69) is 231 Å². The SMILES string of the molecule is CC(C)c1ccc(F)cc1.CC(C)c1ccc(N(C)C)cc1.CC(C)c1ccc(N2CCCC2)cc1.CC(C)c1ccc(S(C)(=O)=O)cc1.CC(C)c1ccccc1.CC(C)c1ccccc1Cl.CC(C)c1ccccc1F.Cc1ccc(C(C)C)cc1. The number of benzene rings is 8. The van der Waals surface area contributed by atoms with Gasteiger partial charge >= 0.3 is 0 Å². The maximum atomic E-state index is 12.8. The molecular weight excluding hydrogens is 1130 g/mol. The van der Waals surface area contributed by atoms with E-state index in [1.165, 1.54) is 101 Å². The molecule has 0 unspecified atom stereocenters. The fourth-order valence-electron chi connectivity index (χ4n) is 8.83. The second kappa shape index (κ2) is 40.9. The van der Waals surface area contributed by atoms with Crippen molar-refractivity contribution in [2.75, 3.05) is 43.2 Å². The largest absolute Gasteiger partial charge is 0.378 e. The van der Waals surface area contributed by atoms with Gasteiger partial charge in [0.15, 0.2) is 9.84 Å². The summed E-state index contributed by atoms with van der Waals surface area (Å²) in [5, 5.41) is 0.873. The van der Waals surface area contributed by atoms with Crippen LogP contribution in [0.5, 0.6) is 0 Å². The lowest BCUT2D eigenvalue weighted by molar-refractivity contribution is 0.598. The molecule has 0 radical (unpaired) electrons. The Labute approximate surface area is 539 Å². The summed E-state index contributed by atoms with van der Waals surface area (Å²) in [6.07, 6.45) is 3.93. The minimum absolute atomic E-state index is 0.0995. The van der Waals surface area contributed by atoms with Gasteiger partial charge in [-0.2, -0.15) is 0 Å². The van der Waals surface area contributed by atoms with Crippen molar-refractivity contribution in [1.29, 1.82) is 0 Å². The van der Waals surface area contributed by atoms with Crippen molar-refractivity contribution in [3.05, 3.63) is 267 Å². The molecule has 1 aliphatic rings. The molecule has 0 N–H and O–H groups in total. The number of sulfone groups is 1. The maximum Gasteiger partial charge on any atom is 0.175 e. The maximum absolute atomic E-state index is 12.8. The van der Waals surface area contributed by atoms with E-state index in [-0.39, 0.29) is 17.6 Å². The summed E-state index contributed by atoms with van der Waals surface area (Å²) >= 11 is 5.92. The van der Waals surface area contributed by atoms with Crippen molar-refractivity contribution in [2.24, 2.45) is 0 Å². The Morgan fingerprint density at radius 2 is 0.727 bits per heavy atom. The third kappa shape index (κ3) is 30.6. The van der Waals surface area contributed by atoms with Crippen LogP contribution in [0.1, 0.15) is 221 Å². The fourth-order valence-corrected chi connectivity index (χ4v) is 9.81. The molecule has 8 aromatic carbocycles. The van der Waals surface area contributed by atoms with Crippen LogP contribution in [-0.4, -0.2) is 41.9 Å². The highest BCUT2D eigenvalue weighted by atomic mass is 35.5. The van der Waals surface area contributed by atoms with Crippen molar-refractivity contribution in [3.8, 4) is 0 Å².